The molecule has 2 fully saturated rings. The summed E-state index contributed by atoms with van der Waals surface area (Å²) < 4.78 is 5.73. The Bertz CT molecular complexity index is 1550. The molecule has 3 aliphatic rings. The summed E-state index contributed by atoms with van der Waals surface area (Å²) in [5.41, 5.74) is 2.33. The lowest BCUT2D eigenvalue weighted by Gasteiger charge is -2.36. The molecule has 10 nitrogen and oxygen atoms in total. The first-order chi connectivity index (χ1) is 19.9. The van der Waals surface area contributed by atoms with Crippen molar-refractivity contribution in [2.45, 2.75) is 31.8 Å². The Hall–Kier alpha value is -4.99. The molecule has 3 amide bonds. The van der Waals surface area contributed by atoms with Gasteiger partial charge in [0.1, 0.15) is 11.8 Å². The lowest BCUT2D eigenvalue weighted by molar-refractivity contribution is -0.384. The smallest absolute Gasteiger partial charge is 0.269 e. The number of hydrogen-bond donors (Lipinski definition) is 1. The summed E-state index contributed by atoms with van der Waals surface area (Å²) >= 11 is 0. The van der Waals surface area contributed by atoms with Crippen molar-refractivity contribution in [2.75, 3.05) is 21.7 Å². The molecule has 3 heterocycles. The molecule has 208 valence electrons. The normalized spacial score (nSPS) is 22.3. The topological polar surface area (TPSA) is 122 Å². The molecule has 2 saturated heterocycles. The van der Waals surface area contributed by atoms with E-state index in [0.29, 0.717) is 23.7 Å². The molecule has 0 radical (unpaired) electrons. The largest absolute Gasteiger partial charge is 0.494 e. The first kappa shape index (κ1) is 26.2. The summed E-state index contributed by atoms with van der Waals surface area (Å²) in [6, 6.07) is 18.4. The third-order valence-corrected chi connectivity index (χ3v) is 7.89. The number of unbranched alkanes of at least 4 members (excludes halogenated alkanes) is 1. The molecular weight excluding hydrogens is 524 g/mol. The van der Waals surface area contributed by atoms with E-state index in [-0.39, 0.29) is 11.6 Å². The van der Waals surface area contributed by atoms with Crippen LogP contribution in [0.3, 0.4) is 0 Å². The highest BCUT2D eigenvalue weighted by atomic mass is 16.6. The molecule has 3 aliphatic heterocycles. The lowest BCUT2D eigenvalue weighted by Crippen LogP contribution is -2.50. The maximum Gasteiger partial charge on any atom is 0.269 e. The van der Waals surface area contributed by atoms with Crippen LogP contribution in [-0.2, 0) is 14.4 Å². The molecule has 41 heavy (non-hydrogen) atoms. The van der Waals surface area contributed by atoms with Gasteiger partial charge in [-0.1, -0.05) is 43.7 Å². The molecule has 6 rings (SSSR count). The third kappa shape index (κ3) is 4.51. The van der Waals surface area contributed by atoms with Gasteiger partial charge in [-0.25, -0.2) is 4.90 Å². The number of non-ortho nitro benzene ring substituents is 1. The standard InChI is InChI=1S/C31H28N4O6/c1-2-3-18-41-23-15-13-21(14-16-23)33-30(37)26-25-17-8-19-6-4-5-7-24(19)34(25)28(27(26)31(33)38)29(36)32-20-9-11-22(12-10-20)35(39)40/h4-17,25-28H,2-3,18H2,1H3,(H,32,36)/t25-,26+,27+,28-/m0/s1. The van der Waals surface area contributed by atoms with E-state index in [1.165, 1.54) is 29.2 Å². The van der Waals surface area contributed by atoms with Crippen molar-refractivity contribution >= 4 is 46.5 Å². The molecule has 0 aromatic heterocycles. The Morgan fingerprint density at radius 1 is 0.976 bits per heavy atom. The number of nitro groups is 1. The fourth-order valence-corrected chi connectivity index (χ4v) is 5.98. The van der Waals surface area contributed by atoms with Crippen molar-refractivity contribution in [3.8, 4) is 5.75 Å². The first-order valence-electron chi connectivity index (χ1n) is 13.6. The van der Waals surface area contributed by atoms with E-state index >= 15 is 0 Å². The minimum Gasteiger partial charge on any atom is -0.494 e. The molecule has 0 saturated carbocycles. The van der Waals surface area contributed by atoms with E-state index in [9.17, 15) is 24.5 Å². The van der Waals surface area contributed by atoms with Crippen LogP contribution in [0, 0.1) is 22.0 Å². The molecule has 4 atom stereocenters. The molecule has 10 heteroatoms. The van der Waals surface area contributed by atoms with Crippen molar-refractivity contribution in [1.82, 2.24) is 0 Å². The molecule has 3 aromatic rings. The van der Waals surface area contributed by atoms with Gasteiger partial charge in [0.25, 0.3) is 5.69 Å². The molecule has 1 N–H and O–H groups in total. The number of anilines is 3. The van der Waals surface area contributed by atoms with Crippen molar-refractivity contribution in [3.05, 3.63) is 94.6 Å². The van der Waals surface area contributed by atoms with Gasteiger partial charge in [0.15, 0.2) is 0 Å². The van der Waals surface area contributed by atoms with E-state index in [2.05, 4.69) is 12.2 Å². The van der Waals surface area contributed by atoms with E-state index in [1.807, 2.05) is 41.3 Å². The number of carbonyl (C=O) groups excluding carboxylic acids is 3. The Labute approximate surface area is 236 Å². The second-order valence-corrected chi connectivity index (χ2v) is 10.3. The van der Waals surface area contributed by atoms with Gasteiger partial charge in [0.05, 0.1) is 35.1 Å². The number of imide groups is 1. The first-order valence-corrected chi connectivity index (χ1v) is 13.6. The summed E-state index contributed by atoms with van der Waals surface area (Å²) in [7, 11) is 0. The monoisotopic (exact) mass is 552 g/mol. The summed E-state index contributed by atoms with van der Waals surface area (Å²) in [5.74, 6) is -2.31. The number of amides is 3. The Kier molecular flexibility index (Phi) is 6.74. The SMILES string of the molecule is CCCCOc1ccc(N2C(=O)[C@@H]3[C@H](C2=O)[C@@H]2C=Cc4ccccc4N2[C@@H]3C(=O)Nc2ccc([N+](=O)[O-])cc2)cc1. The van der Waals surface area contributed by atoms with Crippen LogP contribution in [0.4, 0.5) is 22.7 Å². The van der Waals surface area contributed by atoms with Gasteiger partial charge in [0.2, 0.25) is 17.7 Å². The summed E-state index contributed by atoms with van der Waals surface area (Å²) in [6.07, 6.45) is 5.74. The number of hydrogen-bond acceptors (Lipinski definition) is 7. The Balaban J connectivity index is 1.33. The van der Waals surface area contributed by atoms with Crippen LogP contribution in [0.1, 0.15) is 25.3 Å². The molecule has 0 spiro atoms. The summed E-state index contributed by atoms with van der Waals surface area (Å²) in [6.45, 7) is 2.66. The number of para-hydroxylation sites is 1. The van der Waals surface area contributed by atoms with Crippen molar-refractivity contribution < 1.29 is 24.0 Å². The second kappa shape index (κ2) is 10.5. The number of carbonyl (C=O) groups is 3. The second-order valence-electron chi connectivity index (χ2n) is 10.3. The van der Waals surface area contributed by atoms with Crippen LogP contribution in [-0.4, -0.2) is 41.3 Å². The van der Waals surface area contributed by atoms with Gasteiger partial charge in [-0.3, -0.25) is 24.5 Å². The number of fused-ring (bicyclic) bond motifs is 5. The molecule has 0 bridgehead atoms. The zero-order valence-corrected chi connectivity index (χ0v) is 22.3. The van der Waals surface area contributed by atoms with Gasteiger partial charge >= 0.3 is 0 Å². The highest BCUT2D eigenvalue weighted by Crippen LogP contribution is 2.49. The van der Waals surface area contributed by atoms with Crippen LogP contribution < -0.4 is 19.9 Å². The average Bonchev–Trinajstić information content (AvgIpc) is 3.46. The molecular formula is C31H28N4O6. The molecule has 3 aromatic carbocycles. The van der Waals surface area contributed by atoms with E-state index in [4.69, 9.17) is 4.74 Å². The highest BCUT2D eigenvalue weighted by Gasteiger charge is 2.64. The van der Waals surface area contributed by atoms with Crippen molar-refractivity contribution in [3.63, 3.8) is 0 Å². The van der Waals surface area contributed by atoms with Crippen molar-refractivity contribution in [1.29, 1.82) is 0 Å². The van der Waals surface area contributed by atoms with Gasteiger partial charge in [0, 0.05) is 23.5 Å². The number of benzene rings is 3. The Morgan fingerprint density at radius 2 is 1.68 bits per heavy atom. The number of ether oxygens (including phenoxy) is 1. The predicted octanol–water partition coefficient (Wildman–Crippen LogP) is 4.80. The number of nitro benzene ring substituents is 1. The van der Waals surface area contributed by atoms with E-state index in [0.717, 1.165) is 24.1 Å². The van der Waals surface area contributed by atoms with Crippen LogP contribution >= 0.6 is 0 Å². The van der Waals surface area contributed by atoms with Crippen LogP contribution in [0.2, 0.25) is 0 Å². The minimum atomic E-state index is -0.982. The van der Waals surface area contributed by atoms with Gasteiger partial charge in [-0.2, -0.15) is 0 Å². The quantitative estimate of drug-likeness (QED) is 0.184. The van der Waals surface area contributed by atoms with Crippen LogP contribution in [0.25, 0.3) is 6.08 Å². The fraction of sp³-hybridized carbons (Fsp3) is 0.258. The third-order valence-electron chi connectivity index (χ3n) is 7.89. The van der Waals surface area contributed by atoms with Crippen molar-refractivity contribution in [2.24, 2.45) is 11.8 Å². The van der Waals surface area contributed by atoms with E-state index in [1.54, 1.807) is 24.3 Å². The van der Waals surface area contributed by atoms with Crippen LogP contribution in [0.15, 0.2) is 78.9 Å². The lowest BCUT2D eigenvalue weighted by atomic mass is 9.88. The molecule has 0 unspecified atom stereocenters. The molecule has 0 aliphatic carbocycles. The maximum atomic E-state index is 14.0. The number of nitrogens with one attached hydrogen (secondary N) is 1. The predicted molar refractivity (Wildman–Crippen MR) is 154 cm³/mol. The summed E-state index contributed by atoms with van der Waals surface area (Å²) in [5, 5.41) is 13.9. The highest BCUT2D eigenvalue weighted by molar-refractivity contribution is 6.25. The van der Waals surface area contributed by atoms with Gasteiger partial charge in [-0.15, -0.1) is 0 Å². The number of rotatable bonds is 8. The number of nitrogens with zero attached hydrogens (tertiary/aromatic N) is 3. The van der Waals surface area contributed by atoms with Crippen LogP contribution in [0.5, 0.6) is 5.75 Å². The zero-order valence-electron chi connectivity index (χ0n) is 22.3. The van der Waals surface area contributed by atoms with Gasteiger partial charge < -0.3 is 15.0 Å². The zero-order chi connectivity index (χ0) is 28.7. The summed E-state index contributed by atoms with van der Waals surface area (Å²) in [4.78, 5) is 55.4. The maximum absolute atomic E-state index is 14.0. The average molecular weight is 553 g/mol. The Morgan fingerprint density at radius 3 is 2.39 bits per heavy atom. The fourth-order valence-electron chi connectivity index (χ4n) is 5.98. The van der Waals surface area contributed by atoms with E-state index < -0.39 is 40.7 Å². The minimum absolute atomic E-state index is 0.104. The van der Waals surface area contributed by atoms with Gasteiger partial charge in [-0.05, 0) is 54.4 Å².